The van der Waals surface area contributed by atoms with Crippen LogP contribution >= 0.6 is 0 Å². The SMILES string of the molecule is O=C(C=Cc1ccc(C2CCCN2CCc2cnc3ccccn23)cc1)NO. The molecule has 3 aromatic rings. The second-order valence-corrected chi connectivity index (χ2v) is 7.10. The topological polar surface area (TPSA) is 69.9 Å². The number of likely N-dealkylation sites (tertiary alicyclic amines) is 1. The van der Waals surface area contributed by atoms with Crippen LogP contribution in [0.15, 0.2) is 60.9 Å². The molecule has 1 amide bonds. The molecule has 4 rings (SSSR count). The highest BCUT2D eigenvalue weighted by molar-refractivity contribution is 5.90. The molecule has 6 nitrogen and oxygen atoms in total. The lowest BCUT2D eigenvalue weighted by molar-refractivity contribution is -0.124. The molecular weight excluding hydrogens is 352 g/mol. The van der Waals surface area contributed by atoms with Gasteiger partial charge in [-0.3, -0.25) is 14.9 Å². The first-order valence-electron chi connectivity index (χ1n) is 9.62. The van der Waals surface area contributed by atoms with Gasteiger partial charge in [-0.15, -0.1) is 0 Å². The Morgan fingerprint density at radius 2 is 2.11 bits per heavy atom. The fourth-order valence-corrected chi connectivity index (χ4v) is 3.94. The number of aromatic nitrogens is 2. The summed E-state index contributed by atoms with van der Waals surface area (Å²) in [4.78, 5) is 18.1. The molecule has 1 aromatic carbocycles. The Morgan fingerprint density at radius 3 is 2.93 bits per heavy atom. The van der Waals surface area contributed by atoms with E-state index >= 15 is 0 Å². The van der Waals surface area contributed by atoms with Gasteiger partial charge in [-0.05, 0) is 48.7 Å². The van der Waals surface area contributed by atoms with Crippen LogP contribution in [0.25, 0.3) is 11.7 Å². The first-order chi connectivity index (χ1) is 13.7. The number of benzene rings is 1. The van der Waals surface area contributed by atoms with Crippen molar-refractivity contribution in [2.45, 2.75) is 25.3 Å². The third-order valence-corrected chi connectivity index (χ3v) is 5.37. The number of hydrogen-bond acceptors (Lipinski definition) is 4. The molecule has 1 aliphatic heterocycles. The van der Waals surface area contributed by atoms with Gasteiger partial charge in [-0.25, -0.2) is 10.5 Å². The Bertz CT molecular complexity index is 978. The fraction of sp³-hybridized carbons (Fsp3) is 0.273. The van der Waals surface area contributed by atoms with Crippen LogP contribution in [0, 0.1) is 0 Å². The van der Waals surface area contributed by atoms with E-state index in [2.05, 4.69) is 32.6 Å². The molecule has 1 aliphatic rings. The van der Waals surface area contributed by atoms with Gasteiger partial charge in [0, 0.05) is 43.2 Å². The van der Waals surface area contributed by atoms with Crippen LogP contribution in [0.1, 0.15) is 35.7 Å². The van der Waals surface area contributed by atoms with Gasteiger partial charge in [0.1, 0.15) is 5.65 Å². The van der Waals surface area contributed by atoms with Crippen molar-refractivity contribution in [3.63, 3.8) is 0 Å². The minimum atomic E-state index is -0.529. The smallest absolute Gasteiger partial charge is 0.267 e. The lowest BCUT2D eigenvalue weighted by atomic mass is 10.0. The molecule has 2 aromatic heterocycles. The minimum absolute atomic E-state index is 0.429. The molecule has 2 N–H and O–H groups in total. The Balaban J connectivity index is 1.42. The summed E-state index contributed by atoms with van der Waals surface area (Å²) in [5.74, 6) is -0.529. The lowest BCUT2D eigenvalue weighted by Gasteiger charge is -2.24. The summed E-state index contributed by atoms with van der Waals surface area (Å²) in [6.07, 6.45) is 10.4. The molecule has 144 valence electrons. The minimum Gasteiger partial charge on any atom is -0.304 e. The normalized spacial score (nSPS) is 17.5. The highest BCUT2D eigenvalue weighted by Gasteiger charge is 2.25. The van der Waals surface area contributed by atoms with Crippen molar-refractivity contribution in [2.75, 3.05) is 13.1 Å². The first kappa shape index (κ1) is 18.4. The van der Waals surface area contributed by atoms with E-state index in [1.807, 2.05) is 36.5 Å². The summed E-state index contributed by atoms with van der Waals surface area (Å²) in [7, 11) is 0. The van der Waals surface area contributed by atoms with Gasteiger partial charge in [-0.1, -0.05) is 30.3 Å². The van der Waals surface area contributed by atoms with E-state index in [1.165, 1.54) is 23.8 Å². The van der Waals surface area contributed by atoms with E-state index in [1.54, 1.807) is 11.6 Å². The van der Waals surface area contributed by atoms with Crippen molar-refractivity contribution in [2.24, 2.45) is 0 Å². The largest absolute Gasteiger partial charge is 0.304 e. The second kappa shape index (κ2) is 8.37. The average Bonchev–Trinajstić information content (AvgIpc) is 3.37. The van der Waals surface area contributed by atoms with Crippen molar-refractivity contribution in [3.05, 3.63) is 77.8 Å². The fourth-order valence-electron chi connectivity index (χ4n) is 3.94. The summed E-state index contributed by atoms with van der Waals surface area (Å²) < 4.78 is 2.16. The van der Waals surface area contributed by atoms with Gasteiger partial charge in [0.05, 0.1) is 0 Å². The standard InChI is InChI=1S/C22H24N4O2/c27-22(24-28)11-8-17-6-9-18(10-7-17)20-4-3-13-25(20)15-12-19-16-23-21-5-1-2-14-26(19)21/h1-2,5-11,14,16,20,28H,3-4,12-13,15H2,(H,24,27). The predicted molar refractivity (Wildman–Crippen MR) is 108 cm³/mol. The number of carbonyl (C=O) groups excluding carboxylic acids is 1. The van der Waals surface area contributed by atoms with Crippen LogP contribution in [0.5, 0.6) is 0 Å². The number of fused-ring (bicyclic) bond motifs is 1. The summed E-state index contributed by atoms with van der Waals surface area (Å²) in [6.45, 7) is 2.12. The van der Waals surface area contributed by atoms with Crippen molar-refractivity contribution < 1.29 is 10.0 Å². The Labute approximate surface area is 164 Å². The van der Waals surface area contributed by atoms with Gasteiger partial charge < -0.3 is 4.40 Å². The number of nitrogens with one attached hydrogen (secondary N) is 1. The molecule has 0 saturated carbocycles. The molecule has 28 heavy (non-hydrogen) atoms. The van der Waals surface area contributed by atoms with Gasteiger partial charge in [-0.2, -0.15) is 0 Å². The van der Waals surface area contributed by atoms with E-state index in [9.17, 15) is 4.79 Å². The molecule has 1 unspecified atom stereocenters. The summed E-state index contributed by atoms with van der Waals surface area (Å²) in [6, 6.07) is 14.8. The monoisotopic (exact) mass is 376 g/mol. The molecule has 1 saturated heterocycles. The third kappa shape index (κ3) is 3.98. The molecule has 1 fully saturated rings. The number of nitrogens with zero attached hydrogens (tertiary/aromatic N) is 3. The zero-order valence-electron chi connectivity index (χ0n) is 15.7. The summed E-state index contributed by atoms with van der Waals surface area (Å²) in [5, 5.41) is 8.55. The Morgan fingerprint density at radius 1 is 1.25 bits per heavy atom. The van der Waals surface area contributed by atoms with E-state index in [0.717, 1.165) is 37.1 Å². The van der Waals surface area contributed by atoms with Crippen LogP contribution in [-0.2, 0) is 11.2 Å². The van der Waals surface area contributed by atoms with Crippen molar-refractivity contribution in [1.82, 2.24) is 19.8 Å². The van der Waals surface area contributed by atoms with Crippen LogP contribution in [0.3, 0.4) is 0 Å². The molecule has 0 radical (unpaired) electrons. The van der Waals surface area contributed by atoms with E-state index in [4.69, 9.17) is 5.21 Å². The molecule has 1 atom stereocenters. The van der Waals surface area contributed by atoms with Crippen molar-refractivity contribution in [1.29, 1.82) is 0 Å². The quantitative estimate of drug-likeness (QED) is 0.394. The molecule has 0 bridgehead atoms. The highest BCUT2D eigenvalue weighted by Crippen LogP contribution is 2.32. The van der Waals surface area contributed by atoms with Crippen LogP contribution in [-0.4, -0.2) is 38.5 Å². The number of pyridine rings is 1. The van der Waals surface area contributed by atoms with Crippen LogP contribution in [0.4, 0.5) is 0 Å². The summed E-state index contributed by atoms with van der Waals surface area (Å²) in [5.41, 5.74) is 6.07. The number of hydrogen-bond donors (Lipinski definition) is 2. The van der Waals surface area contributed by atoms with E-state index in [0.29, 0.717) is 6.04 Å². The maximum atomic E-state index is 11.1. The lowest BCUT2D eigenvalue weighted by Crippen LogP contribution is -2.26. The third-order valence-electron chi connectivity index (χ3n) is 5.37. The van der Waals surface area contributed by atoms with E-state index < -0.39 is 5.91 Å². The number of imidazole rings is 1. The molecule has 6 heteroatoms. The second-order valence-electron chi connectivity index (χ2n) is 7.10. The molecule has 3 heterocycles. The maximum absolute atomic E-state index is 11.1. The number of hydroxylamine groups is 1. The molecular formula is C22H24N4O2. The molecule has 0 spiro atoms. The average molecular weight is 376 g/mol. The van der Waals surface area contributed by atoms with Gasteiger partial charge in [0.25, 0.3) is 5.91 Å². The van der Waals surface area contributed by atoms with Crippen molar-refractivity contribution in [3.8, 4) is 0 Å². The summed E-state index contributed by atoms with van der Waals surface area (Å²) >= 11 is 0. The Hall–Kier alpha value is -2.96. The van der Waals surface area contributed by atoms with E-state index in [-0.39, 0.29) is 0 Å². The van der Waals surface area contributed by atoms with Crippen molar-refractivity contribution >= 4 is 17.6 Å². The van der Waals surface area contributed by atoms with Crippen LogP contribution in [0.2, 0.25) is 0 Å². The van der Waals surface area contributed by atoms with Gasteiger partial charge in [0.2, 0.25) is 0 Å². The predicted octanol–water partition coefficient (Wildman–Crippen LogP) is 3.23. The highest BCUT2D eigenvalue weighted by atomic mass is 16.5. The van der Waals surface area contributed by atoms with Gasteiger partial charge >= 0.3 is 0 Å². The first-order valence-corrected chi connectivity index (χ1v) is 9.62. The number of carbonyl (C=O) groups is 1. The Kier molecular flexibility index (Phi) is 5.50. The maximum Gasteiger partial charge on any atom is 0.267 e. The zero-order valence-corrected chi connectivity index (χ0v) is 15.7. The zero-order chi connectivity index (χ0) is 19.3. The van der Waals surface area contributed by atoms with Gasteiger partial charge in [0.15, 0.2) is 0 Å². The molecule has 0 aliphatic carbocycles. The number of rotatable bonds is 6. The number of amides is 1. The van der Waals surface area contributed by atoms with Crippen LogP contribution < -0.4 is 5.48 Å².